The van der Waals surface area contributed by atoms with Crippen LogP contribution in [0.2, 0.25) is 5.02 Å². The lowest BCUT2D eigenvalue weighted by atomic mass is 10.2. The number of amides is 1. The van der Waals surface area contributed by atoms with Crippen LogP contribution in [0, 0.1) is 6.92 Å². The third-order valence-electron chi connectivity index (χ3n) is 3.37. The standard InChI is InChI=1S/C18H20ClNO2S/c1-4-17(23-14-8-6-13(19)7-9-14)18(21)20-15-11-12(2)5-10-16(15)22-3/h5-11,17H,4H2,1-3H3,(H,20,21)/t17-/m1/s1. The van der Waals surface area contributed by atoms with E-state index in [1.54, 1.807) is 7.11 Å². The van der Waals surface area contributed by atoms with Gasteiger partial charge in [-0.3, -0.25) is 4.79 Å². The zero-order chi connectivity index (χ0) is 16.8. The summed E-state index contributed by atoms with van der Waals surface area (Å²) < 4.78 is 5.31. The van der Waals surface area contributed by atoms with Gasteiger partial charge in [-0.2, -0.15) is 0 Å². The average molecular weight is 350 g/mol. The Hall–Kier alpha value is -1.65. The van der Waals surface area contributed by atoms with E-state index >= 15 is 0 Å². The van der Waals surface area contributed by atoms with Gasteiger partial charge in [-0.15, -0.1) is 11.8 Å². The summed E-state index contributed by atoms with van der Waals surface area (Å²) in [5.74, 6) is 0.631. The van der Waals surface area contributed by atoms with Gasteiger partial charge in [-0.25, -0.2) is 0 Å². The molecule has 0 aliphatic carbocycles. The minimum absolute atomic E-state index is 0.0312. The molecular formula is C18H20ClNO2S. The Morgan fingerprint density at radius 3 is 2.57 bits per heavy atom. The largest absolute Gasteiger partial charge is 0.495 e. The summed E-state index contributed by atoms with van der Waals surface area (Å²) in [5.41, 5.74) is 1.77. The zero-order valence-corrected chi connectivity index (χ0v) is 15.0. The molecule has 0 spiro atoms. The molecule has 0 saturated carbocycles. The number of carbonyl (C=O) groups excluding carboxylic acids is 1. The van der Waals surface area contributed by atoms with Gasteiger partial charge in [-0.05, 0) is 55.3 Å². The van der Waals surface area contributed by atoms with Gasteiger partial charge in [-0.1, -0.05) is 24.6 Å². The number of nitrogens with one attached hydrogen (secondary N) is 1. The van der Waals surface area contributed by atoms with Crippen molar-refractivity contribution in [1.82, 2.24) is 0 Å². The number of carbonyl (C=O) groups is 1. The van der Waals surface area contributed by atoms with Gasteiger partial charge in [0.25, 0.3) is 0 Å². The number of anilines is 1. The molecule has 0 unspecified atom stereocenters. The van der Waals surface area contributed by atoms with E-state index in [0.717, 1.165) is 16.9 Å². The maximum atomic E-state index is 12.6. The van der Waals surface area contributed by atoms with E-state index < -0.39 is 0 Å². The maximum absolute atomic E-state index is 12.6. The summed E-state index contributed by atoms with van der Waals surface area (Å²) in [5, 5.41) is 3.49. The highest BCUT2D eigenvalue weighted by molar-refractivity contribution is 8.00. The molecule has 0 radical (unpaired) electrons. The van der Waals surface area contributed by atoms with E-state index in [1.165, 1.54) is 11.8 Å². The van der Waals surface area contributed by atoms with Crippen molar-refractivity contribution in [2.75, 3.05) is 12.4 Å². The second kappa shape index (κ2) is 8.27. The summed E-state index contributed by atoms with van der Waals surface area (Å²) in [7, 11) is 1.60. The molecule has 122 valence electrons. The third kappa shape index (κ3) is 4.91. The first-order valence-corrected chi connectivity index (χ1v) is 8.67. The highest BCUT2D eigenvalue weighted by atomic mass is 35.5. The Morgan fingerprint density at radius 1 is 1.26 bits per heavy atom. The Bertz CT molecular complexity index is 673. The van der Waals surface area contributed by atoms with Gasteiger partial charge in [0.1, 0.15) is 5.75 Å². The van der Waals surface area contributed by atoms with Crippen LogP contribution in [0.25, 0.3) is 0 Å². The number of hydrogen-bond acceptors (Lipinski definition) is 3. The molecule has 2 rings (SSSR count). The molecule has 23 heavy (non-hydrogen) atoms. The molecule has 0 aliphatic heterocycles. The van der Waals surface area contributed by atoms with Crippen LogP contribution in [0.5, 0.6) is 5.75 Å². The topological polar surface area (TPSA) is 38.3 Å². The molecule has 1 amide bonds. The SMILES string of the molecule is CC[C@@H](Sc1ccc(Cl)cc1)C(=O)Nc1cc(C)ccc1OC. The van der Waals surface area contributed by atoms with Crippen LogP contribution in [0.4, 0.5) is 5.69 Å². The molecule has 1 atom stereocenters. The number of halogens is 1. The van der Waals surface area contributed by atoms with Gasteiger partial charge in [0, 0.05) is 9.92 Å². The van der Waals surface area contributed by atoms with Crippen LogP contribution in [-0.4, -0.2) is 18.3 Å². The van der Waals surface area contributed by atoms with Crippen molar-refractivity contribution in [1.29, 1.82) is 0 Å². The van der Waals surface area contributed by atoms with Crippen molar-refractivity contribution in [3.05, 3.63) is 53.1 Å². The summed E-state index contributed by atoms with van der Waals surface area (Å²) in [6, 6.07) is 13.2. The summed E-state index contributed by atoms with van der Waals surface area (Å²) in [6.45, 7) is 3.98. The number of rotatable bonds is 6. The predicted molar refractivity (Wildman–Crippen MR) is 97.7 cm³/mol. The molecule has 1 N–H and O–H groups in total. The van der Waals surface area contributed by atoms with Crippen LogP contribution in [0.1, 0.15) is 18.9 Å². The Kier molecular flexibility index (Phi) is 6.37. The number of aryl methyl sites for hydroxylation is 1. The molecule has 3 nitrogen and oxygen atoms in total. The maximum Gasteiger partial charge on any atom is 0.237 e. The Morgan fingerprint density at radius 2 is 1.96 bits per heavy atom. The molecular weight excluding hydrogens is 330 g/mol. The third-order valence-corrected chi connectivity index (χ3v) is 5.00. The fourth-order valence-corrected chi connectivity index (χ4v) is 3.21. The number of hydrogen-bond donors (Lipinski definition) is 1. The van der Waals surface area contributed by atoms with Gasteiger partial charge < -0.3 is 10.1 Å². The summed E-state index contributed by atoms with van der Waals surface area (Å²) >= 11 is 7.43. The molecule has 5 heteroatoms. The van der Waals surface area contributed by atoms with Crippen molar-refractivity contribution in [2.24, 2.45) is 0 Å². The van der Waals surface area contributed by atoms with Crippen molar-refractivity contribution in [3.8, 4) is 5.75 Å². The molecule has 2 aromatic rings. The number of methoxy groups -OCH3 is 1. The predicted octanol–water partition coefficient (Wildman–Crippen LogP) is 5.17. The van der Waals surface area contributed by atoms with E-state index in [2.05, 4.69) is 5.32 Å². The average Bonchev–Trinajstić information content (AvgIpc) is 2.54. The van der Waals surface area contributed by atoms with E-state index in [1.807, 2.05) is 56.3 Å². The lowest BCUT2D eigenvalue weighted by molar-refractivity contribution is -0.115. The smallest absolute Gasteiger partial charge is 0.237 e. The molecule has 0 fully saturated rings. The van der Waals surface area contributed by atoms with Crippen LogP contribution >= 0.6 is 23.4 Å². The van der Waals surface area contributed by atoms with Gasteiger partial charge >= 0.3 is 0 Å². The first-order valence-electron chi connectivity index (χ1n) is 7.41. The molecule has 0 aromatic heterocycles. The summed E-state index contributed by atoms with van der Waals surface area (Å²) in [6.07, 6.45) is 0.729. The Labute approximate surface area is 146 Å². The van der Waals surface area contributed by atoms with E-state index in [4.69, 9.17) is 16.3 Å². The van der Waals surface area contributed by atoms with Crippen molar-refractivity contribution in [2.45, 2.75) is 30.4 Å². The first-order chi connectivity index (χ1) is 11.0. The minimum Gasteiger partial charge on any atom is -0.495 e. The monoisotopic (exact) mass is 349 g/mol. The second-order valence-corrected chi connectivity index (χ2v) is 6.87. The lowest BCUT2D eigenvalue weighted by Crippen LogP contribution is -2.24. The van der Waals surface area contributed by atoms with Crippen molar-refractivity contribution < 1.29 is 9.53 Å². The van der Waals surface area contributed by atoms with Crippen LogP contribution in [0.15, 0.2) is 47.4 Å². The van der Waals surface area contributed by atoms with Crippen molar-refractivity contribution >= 4 is 35.0 Å². The first kappa shape index (κ1) is 17.7. The quantitative estimate of drug-likeness (QED) is 0.731. The van der Waals surface area contributed by atoms with Crippen LogP contribution in [0.3, 0.4) is 0 Å². The molecule has 2 aromatic carbocycles. The van der Waals surface area contributed by atoms with Crippen molar-refractivity contribution in [3.63, 3.8) is 0 Å². The molecule has 0 aliphatic rings. The van der Waals surface area contributed by atoms with E-state index in [-0.39, 0.29) is 11.2 Å². The molecule has 0 heterocycles. The van der Waals surface area contributed by atoms with E-state index in [9.17, 15) is 4.79 Å². The van der Waals surface area contributed by atoms with Crippen LogP contribution < -0.4 is 10.1 Å². The number of thioether (sulfide) groups is 1. The summed E-state index contributed by atoms with van der Waals surface area (Å²) in [4.78, 5) is 13.6. The highest BCUT2D eigenvalue weighted by Crippen LogP contribution is 2.30. The minimum atomic E-state index is -0.179. The van der Waals surface area contributed by atoms with E-state index in [0.29, 0.717) is 16.5 Å². The van der Waals surface area contributed by atoms with Crippen LogP contribution in [-0.2, 0) is 4.79 Å². The second-order valence-electron chi connectivity index (χ2n) is 5.16. The molecule has 0 bridgehead atoms. The highest BCUT2D eigenvalue weighted by Gasteiger charge is 2.19. The Balaban J connectivity index is 2.11. The zero-order valence-electron chi connectivity index (χ0n) is 13.4. The number of ether oxygens (including phenoxy) is 1. The lowest BCUT2D eigenvalue weighted by Gasteiger charge is -2.16. The fraction of sp³-hybridized carbons (Fsp3) is 0.278. The normalized spacial score (nSPS) is 11.8. The van der Waals surface area contributed by atoms with Gasteiger partial charge in [0.15, 0.2) is 0 Å². The van der Waals surface area contributed by atoms with Gasteiger partial charge in [0.05, 0.1) is 18.0 Å². The van der Waals surface area contributed by atoms with Gasteiger partial charge in [0.2, 0.25) is 5.91 Å². The fourth-order valence-electron chi connectivity index (χ4n) is 2.13. The number of benzene rings is 2. The molecule has 0 saturated heterocycles.